The second-order valence-corrected chi connectivity index (χ2v) is 6.19. The molecule has 98 valence electrons. The van der Waals surface area contributed by atoms with E-state index in [1.165, 1.54) is 45.1 Å². The van der Waals surface area contributed by atoms with E-state index in [-0.39, 0.29) is 0 Å². The molecule has 0 amide bonds. The monoisotopic (exact) mass is 243 g/mol. The van der Waals surface area contributed by atoms with Crippen molar-refractivity contribution in [1.29, 1.82) is 0 Å². The van der Waals surface area contributed by atoms with E-state index in [4.69, 9.17) is 0 Å². The maximum atomic E-state index is 3.80. The molecule has 1 N–H and O–H groups in total. The van der Waals surface area contributed by atoms with Gasteiger partial charge in [-0.1, -0.05) is 43.5 Å². The average Bonchev–Trinajstić information content (AvgIpc) is 2.40. The van der Waals surface area contributed by atoms with Gasteiger partial charge in [-0.2, -0.15) is 0 Å². The highest BCUT2D eigenvalue weighted by molar-refractivity contribution is 5.40. The molecule has 1 aromatic rings. The Labute approximate surface area is 111 Å². The molecule has 3 rings (SSSR count). The molecule has 2 aliphatic carbocycles. The molecule has 0 heterocycles. The minimum atomic E-state index is 0.707. The molecule has 0 saturated heterocycles. The van der Waals surface area contributed by atoms with Gasteiger partial charge in [0.15, 0.2) is 0 Å². The second-order valence-electron chi connectivity index (χ2n) is 6.19. The van der Waals surface area contributed by atoms with Crippen LogP contribution in [-0.4, -0.2) is 12.6 Å². The molecule has 1 aromatic carbocycles. The summed E-state index contributed by atoms with van der Waals surface area (Å²) in [5.74, 6) is 1.70. The fourth-order valence-electron chi connectivity index (χ4n) is 3.67. The van der Waals surface area contributed by atoms with Crippen molar-refractivity contribution in [3.8, 4) is 0 Å². The van der Waals surface area contributed by atoms with E-state index in [2.05, 4.69) is 36.5 Å². The van der Waals surface area contributed by atoms with Crippen LogP contribution in [0.5, 0.6) is 0 Å². The number of nitrogens with one attached hydrogen (secondary N) is 1. The lowest BCUT2D eigenvalue weighted by Gasteiger charge is -2.34. The average molecular weight is 243 g/mol. The third-order valence-corrected chi connectivity index (χ3v) is 5.00. The molecular weight excluding hydrogens is 218 g/mol. The number of benzene rings is 1. The molecule has 1 heteroatoms. The van der Waals surface area contributed by atoms with Gasteiger partial charge in [-0.3, -0.25) is 0 Å². The Hall–Kier alpha value is -0.820. The first-order valence-corrected chi connectivity index (χ1v) is 7.66. The normalized spacial score (nSPS) is 25.3. The van der Waals surface area contributed by atoms with Gasteiger partial charge in [-0.25, -0.2) is 0 Å². The van der Waals surface area contributed by atoms with Crippen LogP contribution in [0.1, 0.15) is 56.1 Å². The zero-order valence-electron chi connectivity index (χ0n) is 11.5. The van der Waals surface area contributed by atoms with Gasteiger partial charge in [-0.05, 0) is 43.2 Å². The highest BCUT2D eigenvalue weighted by atomic mass is 14.9. The Morgan fingerprint density at radius 3 is 2.72 bits per heavy atom. The highest BCUT2D eigenvalue weighted by Gasteiger charge is 2.26. The first kappa shape index (κ1) is 12.2. The molecule has 0 aliphatic heterocycles. The second kappa shape index (κ2) is 5.44. The lowest BCUT2D eigenvalue weighted by atomic mass is 9.77. The van der Waals surface area contributed by atoms with Gasteiger partial charge in [0.2, 0.25) is 0 Å². The van der Waals surface area contributed by atoms with E-state index in [0.717, 1.165) is 11.8 Å². The van der Waals surface area contributed by atoms with Crippen LogP contribution in [0.15, 0.2) is 24.3 Å². The van der Waals surface area contributed by atoms with Crippen LogP contribution in [0.3, 0.4) is 0 Å². The summed E-state index contributed by atoms with van der Waals surface area (Å²) >= 11 is 0. The first-order chi connectivity index (χ1) is 8.84. The molecule has 0 radical (unpaired) electrons. The van der Waals surface area contributed by atoms with E-state index in [0.29, 0.717) is 6.04 Å². The van der Waals surface area contributed by atoms with Gasteiger partial charge in [0, 0.05) is 18.5 Å². The van der Waals surface area contributed by atoms with Gasteiger partial charge >= 0.3 is 0 Å². The summed E-state index contributed by atoms with van der Waals surface area (Å²) in [6.07, 6.45) is 8.51. The molecule has 0 spiro atoms. The molecule has 1 fully saturated rings. The SMILES string of the molecule is C[C@@H](NCC1Cc2ccccc21)C1CCCCC1. The fraction of sp³-hybridized carbons (Fsp3) is 0.647. The molecule has 1 unspecified atom stereocenters. The van der Waals surface area contributed by atoms with Crippen molar-refractivity contribution in [2.45, 2.75) is 57.4 Å². The minimum Gasteiger partial charge on any atom is -0.313 e. The van der Waals surface area contributed by atoms with Gasteiger partial charge in [0.25, 0.3) is 0 Å². The van der Waals surface area contributed by atoms with Gasteiger partial charge < -0.3 is 5.32 Å². The maximum absolute atomic E-state index is 3.80. The summed E-state index contributed by atoms with van der Waals surface area (Å²) in [4.78, 5) is 0. The Morgan fingerprint density at radius 1 is 1.17 bits per heavy atom. The van der Waals surface area contributed by atoms with Crippen LogP contribution >= 0.6 is 0 Å². The summed E-state index contributed by atoms with van der Waals surface area (Å²) in [7, 11) is 0. The van der Waals surface area contributed by atoms with Crippen LogP contribution in [0.25, 0.3) is 0 Å². The predicted molar refractivity (Wildman–Crippen MR) is 76.9 cm³/mol. The summed E-state index contributed by atoms with van der Waals surface area (Å²) in [5.41, 5.74) is 3.15. The zero-order chi connectivity index (χ0) is 12.4. The number of hydrogen-bond acceptors (Lipinski definition) is 1. The molecular formula is C17H25N. The van der Waals surface area contributed by atoms with E-state index in [9.17, 15) is 0 Å². The molecule has 1 saturated carbocycles. The number of fused-ring (bicyclic) bond motifs is 1. The predicted octanol–water partition coefficient (Wildman–Crippen LogP) is 3.88. The smallest absolute Gasteiger partial charge is 0.00672 e. The zero-order valence-corrected chi connectivity index (χ0v) is 11.5. The standard InChI is InChI=1S/C17H25N/c1-13(14-7-3-2-4-8-14)18-12-16-11-15-9-5-6-10-17(15)16/h5-6,9-10,13-14,16,18H,2-4,7-8,11-12H2,1H3/t13-,16?/m1/s1. The lowest BCUT2D eigenvalue weighted by Crippen LogP contribution is -2.39. The van der Waals surface area contributed by atoms with E-state index in [1.807, 2.05) is 0 Å². The third kappa shape index (κ3) is 2.47. The third-order valence-electron chi connectivity index (χ3n) is 5.00. The van der Waals surface area contributed by atoms with Crippen molar-refractivity contribution >= 4 is 0 Å². The van der Waals surface area contributed by atoms with Crippen LogP contribution in [-0.2, 0) is 6.42 Å². The van der Waals surface area contributed by atoms with Gasteiger partial charge in [0.1, 0.15) is 0 Å². The minimum absolute atomic E-state index is 0.707. The Kier molecular flexibility index (Phi) is 3.69. The summed E-state index contributed by atoms with van der Waals surface area (Å²) in [5, 5.41) is 3.80. The van der Waals surface area contributed by atoms with Crippen molar-refractivity contribution in [2.24, 2.45) is 5.92 Å². The van der Waals surface area contributed by atoms with E-state index < -0.39 is 0 Å². The van der Waals surface area contributed by atoms with Crippen molar-refractivity contribution < 1.29 is 0 Å². The van der Waals surface area contributed by atoms with E-state index >= 15 is 0 Å². The van der Waals surface area contributed by atoms with Crippen molar-refractivity contribution in [3.05, 3.63) is 35.4 Å². The fourth-order valence-corrected chi connectivity index (χ4v) is 3.67. The highest BCUT2D eigenvalue weighted by Crippen LogP contribution is 2.34. The largest absolute Gasteiger partial charge is 0.313 e. The van der Waals surface area contributed by atoms with Gasteiger partial charge in [-0.15, -0.1) is 0 Å². The Balaban J connectivity index is 1.48. The maximum Gasteiger partial charge on any atom is 0.00672 e. The Morgan fingerprint density at radius 2 is 1.94 bits per heavy atom. The summed E-state index contributed by atoms with van der Waals surface area (Å²) < 4.78 is 0. The van der Waals surface area contributed by atoms with Gasteiger partial charge in [0.05, 0.1) is 0 Å². The topological polar surface area (TPSA) is 12.0 Å². The van der Waals surface area contributed by atoms with Crippen LogP contribution in [0, 0.1) is 5.92 Å². The van der Waals surface area contributed by atoms with Crippen LogP contribution in [0.2, 0.25) is 0 Å². The number of hydrogen-bond donors (Lipinski definition) is 1. The van der Waals surface area contributed by atoms with Crippen LogP contribution < -0.4 is 5.32 Å². The summed E-state index contributed by atoms with van der Waals surface area (Å²) in [6, 6.07) is 9.62. The molecule has 2 aliphatic rings. The number of rotatable bonds is 4. The Bertz CT molecular complexity index is 392. The van der Waals surface area contributed by atoms with Crippen molar-refractivity contribution in [2.75, 3.05) is 6.54 Å². The molecule has 1 nitrogen and oxygen atoms in total. The quantitative estimate of drug-likeness (QED) is 0.846. The summed E-state index contributed by atoms with van der Waals surface area (Å²) in [6.45, 7) is 3.56. The molecule has 0 aromatic heterocycles. The first-order valence-electron chi connectivity index (χ1n) is 7.66. The molecule has 0 bridgehead atoms. The van der Waals surface area contributed by atoms with Crippen LogP contribution in [0.4, 0.5) is 0 Å². The molecule has 18 heavy (non-hydrogen) atoms. The van der Waals surface area contributed by atoms with E-state index in [1.54, 1.807) is 11.1 Å². The van der Waals surface area contributed by atoms with Crippen molar-refractivity contribution in [1.82, 2.24) is 5.32 Å². The molecule has 2 atom stereocenters. The van der Waals surface area contributed by atoms with Crippen molar-refractivity contribution in [3.63, 3.8) is 0 Å². The lowest BCUT2D eigenvalue weighted by molar-refractivity contribution is 0.276.